The predicted molar refractivity (Wildman–Crippen MR) is 97.1 cm³/mol. The van der Waals surface area contributed by atoms with E-state index in [0.29, 0.717) is 12.3 Å². The molecule has 2 atom stereocenters. The molecular formula is C17H26BrClN2O. The Bertz CT molecular complexity index is 490. The molecule has 0 saturated heterocycles. The molecule has 1 aromatic carbocycles. The second-order valence-corrected chi connectivity index (χ2v) is 7.51. The number of nitrogens with one attached hydrogen (secondary N) is 1. The molecule has 22 heavy (non-hydrogen) atoms. The first-order valence-electron chi connectivity index (χ1n) is 7.71. The molecule has 1 amide bonds. The number of hydrogen-bond acceptors (Lipinski definition) is 2. The minimum Gasteiger partial charge on any atom is -0.347 e. The van der Waals surface area contributed by atoms with Crippen LogP contribution in [0.3, 0.4) is 0 Å². The summed E-state index contributed by atoms with van der Waals surface area (Å²) >= 11 is 3.43. The third kappa shape index (κ3) is 5.25. The standard InChI is InChI=1S/C17H25BrN2O.ClH/c1-17(2,13-7-9-14(18)10-8-13)20-16(21)11-12-5-3-4-6-15(12)19;/h7-10,12,15H,3-6,11,19H2,1-2H3,(H,20,21);1H. The van der Waals surface area contributed by atoms with Crippen molar-refractivity contribution in [1.29, 1.82) is 0 Å². The number of benzene rings is 1. The lowest BCUT2D eigenvalue weighted by atomic mass is 9.82. The van der Waals surface area contributed by atoms with E-state index in [1.54, 1.807) is 0 Å². The van der Waals surface area contributed by atoms with Crippen LogP contribution in [0, 0.1) is 5.92 Å². The van der Waals surface area contributed by atoms with Crippen molar-refractivity contribution in [2.75, 3.05) is 0 Å². The number of carbonyl (C=O) groups excluding carboxylic acids is 1. The first-order chi connectivity index (χ1) is 9.88. The highest BCUT2D eigenvalue weighted by atomic mass is 79.9. The maximum Gasteiger partial charge on any atom is 0.221 e. The van der Waals surface area contributed by atoms with E-state index in [4.69, 9.17) is 5.73 Å². The average molecular weight is 390 g/mol. The Morgan fingerprint density at radius 2 is 1.86 bits per heavy atom. The fourth-order valence-corrected chi connectivity index (χ4v) is 3.33. The van der Waals surface area contributed by atoms with Crippen LogP contribution in [-0.4, -0.2) is 11.9 Å². The van der Waals surface area contributed by atoms with Gasteiger partial charge in [0.05, 0.1) is 5.54 Å². The summed E-state index contributed by atoms with van der Waals surface area (Å²) in [4.78, 5) is 12.3. The van der Waals surface area contributed by atoms with Gasteiger partial charge in [-0.1, -0.05) is 40.9 Å². The molecule has 1 aliphatic rings. The van der Waals surface area contributed by atoms with Crippen molar-refractivity contribution < 1.29 is 4.79 Å². The highest BCUT2D eigenvalue weighted by Crippen LogP contribution is 2.27. The van der Waals surface area contributed by atoms with Crippen molar-refractivity contribution in [3.63, 3.8) is 0 Å². The second-order valence-electron chi connectivity index (χ2n) is 6.59. The monoisotopic (exact) mass is 388 g/mol. The molecule has 0 bridgehead atoms. The van der Waals surface area contributed by atoms with Crippen molar-refractivity contribution in [1.82, 2.24) is 5.32 Å². The number of nitrogens with two attached hydrogens (primary N) is 1. The lowest BCUT2D eigenvalue weighted by molar-refractivity contribution is -0.124. The first kappa shape index (κ1) is 19.5. The van der Waals surface area contributed by atoms with Gasteiger partial charge in [-0.15, -0.1) is 12.4 Å². The largest absolute Gasteiger partial charge is 0.347 e. The number of halogens is 2. The zero-order chi connectivity index (χ0) is 15.5. The summed E-state index contributed by atoms with van der Waals surface area (Å²) in [5, 5.41) is 3.15. The minimum atomic E-state index is -0.365. The van der Waals surface area contributed by atoms with E-state index >= 15 is 0 Å². The molecule has 5 heteroatoms. The summed E-state index contributed by atoms with van der Waals surface area (Å²) in [7, 11) is 0. The molecular weight excluding hydrogens is 364 g/mol. The number of carbonyl (C=O) groups is 1. The molecule has 1 fully saturated rings. The normalized spacial score (nSPS) is 21.8. The van der Waals surface area contributed by atoms with E-state index in [1.165, 1.54) is 12.8 Å². The zero-order valence-electron chi connectivity index (χ0n) is 13.3. The first-order valence-corrected chi connectivity index (χ1v) is 8.50. The topological polar surface area (TPSA) is 55.1 Å². The van der Waals surface area contributed by atoms with Crippen molar-refractivity contribution >= 4 is 34.2 Å². The van der Waals surface area contributed by atoms with Crippen LogP contribution in [0.15, 0.2) is 28.7 Å². The summed E-state index contributed by atoms with van der Waals surface area (Å²) in [5.41, 5.74) is 6.87. The molecule has 0 aliphatic heterocycles. The Labute approximate surface area is 148 Å². The van der Waals surface area contributed by atoms with Gasteiger partial charge in [-0.25, -0.2) is 0 Å². The van der Waals surface area contributed by atoms with Crippen molar-refractivity contribution in [3.8, 4) is 0 Å². The van der Waals surface area contributed by atoms with E-state index < -0.39 is 0 Å². The third-order valence-electron chi connectivity index (χ3n) is 4.43. The maximum atomic E-state index is 12.3. The molecule has 3 nitrogen and oxygen atoms in total. The number of rotatable bonds is 4. The van der Waals surface area contributed by atoms with E-state index in [9.17, 15) is 4.79 Å². The van der Waals surface area contributed by atoms with Crippen LogP contribution in [0.1, 0.15) is 51.5 Å². The van der Waals surface area contributed by atoms with Crippen LogP contribution in [0.5, 0.6) is 0 Å². The van der Waals surface area contributed by atoms with Gasteiger partial charge in [0, 0.05) is 16.9 Å². The van der Waals surface area contributed by atoms with E-state index in [0.717, 1.165) is 22.9 Å². The summed E-state index contributed by atoms with van der Waals surface area (Å²) in [6.45, 7) is 4.07. The van der Waals surface area contributed by atoms with E-state index in [1.807, 2.05) is 38.1 Å². The highest BCUT2D eigenvalue weighted by Gasteiger charge is 2.27. The molecule has 1 aromatic rings. The Hall–Kier alpha value is -0.580. The molecule has 124 valence electrons. The quantitative estimate of drug-likeness (QED) is 0.813. The van der Waals surface area contributed by atoms with Crippen molar-refractivity contribution in [2.24, 2.45) is 11.7 Å². The van der Waals surface area contributed by atoms with E-state index in [2.05, 4.69) is 21.2 Å². The molecule has 0 heterocycles. The molecule has 2 unspecified atom stereocenters. The lowest BCUT2D eigenvalue weighted by Crippen LogP contribution is -2.43. The Kier molecular flexibility index (Phi) is 7.36. The van der Waals surface area contributed by atoms with Gasteiger partial charge < -0.3 is 11.1 Å². The smallest absolute Gasteiger partial charge is 0.221 e. The molecule has 0 spiro atoms. The highest BCUT2D eigenvalue weighted by molar-refractivity contribution is 9.10. The van der Waals surface area contributed by atoms with Gasteiger partial charge in [0.15, 0.2) is 0 Å². The van der Waals surface area contributed by atoms with Gasteiger partial charge in [0.1, 0.15) is 0 Å². The van der Waals surface area contributed by atoms with Gasteiger partial charge in [-0.05, 0) is 50.3 Å². The lowest BCUT2D eigenvalue weighted by Gasteiger charge is -2.31. The molecule has 0 aromatic heterocycles. The van der Waals surface area contributed by atoms with Crippen LogP contribution < -0.4 is 11.1 Å². The van der Waals surface area contributed by atoms with Crippen LogP contribution in [-0.2, 0) is 10.3 Å². The second kappa shape index (κ2) is 8.32. The third-order valence-corrected chi connectivity index (χ3v) is 4.96. The van der Waals surface area contributed by atoms with Crippen molar-refractivity contribution in [2.45, 2.75) is 57.5 Å². The number of hydrogen-bond donors (Lipinski definition) is 2. The summed E-state index contributed by atoms with van der Waals surface area (Å²) in [6, 6.07) is 8.26. The minimum absolute atomic E-state index is 0. The van der Waals surface area contributed by atoms with Gasteiger partial charge >= 0.3 is 0 Å². The molecule has 3 N–H and O–H groups in total. The SMILES string of the molecule is CC(C)(NC(=O)CC1CCCCC1N)c1ccc(Br)cc1.Cl. The fourth-order valence-electron chi connectivity index (χ4n) is 3.07. The molecule has 0 radical (unpaired) electrons. The van der Waals surface area contributed by atoms with Crippen LogP contribution in [0.2, 0.25) is 0 Å². The molecule has 1 saturated carbocycles. The Balaban J connectivity index is 0.00000242. The van der Waals surface area contributed by atoms with Gasteiger partial charge in [-0.2, -0.15) is 0 Å². The van der Waals surface area contributed by atoms with E-state index in [-0.39, 0.29) is 29.9 Å². The van der Waals surface area contributed by atoms with Gasteiger partial charge in [0.2, 0.25) is 5.91 Å². The van der Waals surface area contributed by atoms with Crippen LogP contribution in [0.25, 0.3) is 0 Å². The zero-order valence-corrected chi connectivity index (χ0v) is 15.7. The Morgan fingerprint density at radius 1 is 1.27 bits per heavy atom. The van der Waals surface area contributed by atoms with Crippen molar-refractivity contribution in [3.05, 3.63) is 34.3 Å². The summed E-state index contributed by atoms with van der Waals surface area (Å²) in [5.74, 6) is 0.435. The molecule has 1 aliphatic carbocycles. The van der Waals surface area contributed by atoms with Crippen LogP contribution in [0.4, 0.5) is 0 Å². The molecule has 2 rings (SSSR count). The Morgan fingerprint density at radius 3 is 2.45 bits per heavy atom. The average Bonchev–Trinajstić information content (AvgIpc) is 2.41. The maximum absolute atomic E-state index is 12.3. The summed E-state index contributed by atoms with van der Waals surface area (Å²) < 4.78 is 1.04. The fraction of sp³-hybridized carbons (Fsp3) is 0.588. The predicted octanol–water partition coefficient (Wildman–Crippen LogP) is 4.13. The summed E-state index contributed by atoms with van der Waals surface area (Å²) in [6.07, 6.45) is 5.06. The van der Waals surface area contributed by atoms with Gasteiger partial charge in [-0.3, -0.25) is 4.79 Å². The van der Waals surface area contributed by atoms with Crippen LogP contribution >= 0.6 is 28.3 Å². The van der Waals surface area contributed by atoms with Gasteiger partial charge in [0.25, 0.3) is 0 Å². The number of amides is 1.